The molecule has 3 heterocycles. The number of aryl methyl sites for hydroxylation is 1. The lowest BCUT2D eigenvalue weighted by Gasteiger charge is -2.43. The second kappa shape index (κ2) is 8.86. The van der Waals surface area contributed by atoms with Gasteiger partial charge >= 0.3 is 6.03 Å². The van der Waals surface area contributed by atoms with Crippen molar-refractivity contribution < 1.29 is 9.18 Å². The molecular formula is C27H29ClFN5O. The molecule has 1 aromatic heterocycles. The summed E-state index contributed by atoms with van der Waals surface area (Å²) >= 11 is 6.30. The summed E-state index contributed by atoms with van der Waals surface area (Å²) in [6, 6.07) is 13.4. The first-order chi connectivity index (χ1) is 17.0. The van der Waals surface area contributed by atoms with Gasteiger partial charge in [-0.25, -0.2) is 9.18 Å². The fraction of sp³-hybridized carbons (Fsp3) is 0.407. The third kappa shape index (κ3) is 4.16. The predicted molar refractivity (Wildman–Crippen MR) is 135 cm³/mol. The van der Waals surface area contributed by atoms with Crippen LogP contribution < -0.4 is 9.80 Å². The number of anilines is 2. The minimum atomic E-state index is -0.300. The molecule has 3 aromatic rings. The predicted octanol–water partition coefficient (Wildman–Crippen LogP) is 5.70. The van der Waals surface area contributed by atoms with Crippen molar-refractivity contribution in [2.45, 2.75) is 50.7 Å². The highest BCUT2D eigenvalue weighted by Gasteiger charge is 2.39. The van der Waals surface area contributed by atoms with Gasteiger partial charge in [0.05, 0.1) is 23.8 Å². The van der Waals surface area contributed by atoms with E-state index in [4.69, 9.17) is 11.6 Å². The van der Waals surface area contributed by atoms with Crippen LogP contribution in [0.5, 0.6) is 0 Å². The smallest absolute Gasteiger partial charge is 0.326 e. The molecule has 0 N–H and O–H groups in total. The van der Waals surface area contributed by atoms with Gasteiger partial charge in [0.1, 0.15) is 5.82 Å². The lowest BCUT2D eigenvalue weighted by Crippen LogP contribution is -2.54. The molecule has 2 fully saturated rings. The zero-order chi connectivity index (χ0) is 24.1. The Bertz CT molecular complexity index is 1240. The van der Waals surface area contributed by atoms with Gasteiger partial charge in [-0.1, -0.05) is 41.9 Å². The number of para-hydroxylation sites is 1. The number of urea groups is 1. The van der Waals surface area contributed by atoms with Crippen LogP contribution in [0.15, 0.2) is 48.7 Å². The number of piperidine rings is 1. The van der Waals surface area contributed by atoms with Gasteiger partial charge in [0, 0.05) is 37.9 Å². The molecule has 0 radical (unpaired) electrons. The lowest BCUT2D eigenvalue weighted by molar-refractivity contribution is 0.159. The first-order valence-electron chi connectivity index (χ1n) is 12.4. The number of aromatic nitrogens is 2. The number of hydrogen-bond acceptors (Lipinski definition) is 3. The van der Waals surface area contributed by atoms with E-state index in [1.807, 2.05) is 27.9 Å². The van der Waals surface area contributed by atoms with Gasteiger partial charge in [-0.2, -0.15) is 5.10 Å². The number of halogens is 2. The van der Waals surface area contributed by atoms with Gasteiger partial charge in [-0.3, -0.25) is 9.58 Å². The molecule has 0 atom stereocenters. The van der Waals surface area contributed by atoms with Crippen molar-refractivity contribution in [2.75, 3.05) is 22.9 Å². The summed E-state index contributed by atoms with van der Waals surface area (Å²) < 4.78 is 16.3. The van der Waals surface area contributed by atoms with Crippen LogP contribution in [-0.2, 0) is 20.1 Å². The zero-order valence-electron chi connectivity index (χ0n) is 19.8. The van der Waals surface area contributed by atoms with Crippen LogP contribution in [0.2, 0.25) is 5.02 Å². The maximum absolute atomic E-state index is 14.5. The highest BCUT2D eigenvalue weighted by molar-refractivity contribution is 6.33. The summed E-state index contributed by atoms with van der Waals surface area (Å²) in [5.74, 6) is 1.07. The molecule has 6 nitrogen and oxygen atoms in total. The Hall–Kier alpha value is -3.06. The van der Waals surface area contributed by atoms with Gasteiger partial charge in [0.15, 0.2) is 5.82 Å². The van der Waals surface area contributed by atoms with Crippen molar-refractivity contribution >= 4 is 29.1 Å². The van der Waals surface area contributed by atoms with Crippen LogP contribution in [0.25, 0.3) is 0 Å². The molecule has 3 aliphatic rings. The van der Waals surface area contributed by atoms with Gasteiger partial charge < -0.3 is 9.80 Å². The number of hydrogen-bond donors (Lipinski definition) is 0. The topological polar surface area (TPSA) is 44.6 Å². The number of carbonyl (C=O) groups is 1. The fourth-order valence-corrected chi connectivity index (χ4v) is 5.91. The van der Waals surface area contributed by atoms with Crippen LogP contribution in [0.3, 0.4) is 0 Å². The summed E-state index contributed by atoms with van der Waals surface area (Å²) in [7, 11) is 1.90. The molecular weight excluding hydrogens is 465 g/mol. The highest BCUT2D eigenvalue weighted by atomic mass is 35.5. The van der Waals surface area contributed by atoms with E-state index in [0.29, 0.717) is 42.8 Å². The first-order valence-corrected chi connectivity index (χ1v) is 12.7. The van der Waals surface area contributed by atoms with Crippen LogP contribution in [0, 0.1) is 5.82 Å². The van der Waals surface area contributed by atoms with E-state index in [1.165, 1.54) is 30.0 Å². The summed E-state index contributed by atoms with van der Waals surface area (Å²) in [5, 5.41) is 5.08. The average Bonchev–Trinajstić information content (AvgIpc) is 3.63. The van der Waals surface area contributed by atoms with Gasteiger partial charge in [0.2, 0.25) is 0 Å². The van der Waals surface area contributed by atoms with Crippen molar-refractivity contribution in [1.82, 2.24) is 14.7 Å². The Balaban J connectivity index is 1.24. The van der Waals surface area contributed by atoms with E-state index in [9.17, 15) is 9.18 Å². The molecule has 8 heteroatoms. The largest absolute Gasteiger partial charge is 0.368 e. The molecule has 1 aliphatic carbocycles. The molecule has 1 saturated carbocycles. The van der Waals surface area contributed by atoms with Crippen LogP contribution in [0.4, 0.5) is 20.7 Å². The van der Waals surface area contributed by atoms with E-state index >= 15 is 0 Å². The minimum Gasteiger partial charge on any atom is -0.368 e. The molecule has 0 spiro atoms. The van der Waals surface area contributed by atoms with Crippen LogP contribution >= 0.6 is 11.6 Å². The molecule has 182 valence electrons. The maximum atomic E-state index is 14.5. The third-order valence-electron chi connectivity index (χ3n) is 7.52. The van der Waals surface area contributed by atoms with E-state index in [-0.39, 0.29) is 17.9 Å². The first kappa shape index (κ1) is 22.4. The van der Waals surface area contributed by atoms with E-state index in [2.05, 4.69) is 29.4 Å². The molecule has 2 amide bonds. The van der Waals surface area contributed by atoms with Crippen molar-refractivity contribution in [1.29, 1.82) is 0 Å². The lowest BCUT2D eigenvalue weighted by atomic mass is 10.00. The summed E-state index contributed by atoms with van der Waals surface area (Å²) in [4.78, 5) is 19.7. The van der Waals surface area contributed by atoms with Crippen molar-refractivity contribution in [3.05, 3.63) is 76.2 Å². The number of rotatable bonds is 5. The molecule has 0 bridgehead atoms. The summed E-state index contributed by atoms with van der Waals surface area (Å²) in [6.45, 7) is 2.38. The number of carbonyl (C=O) groups excluding carboxylic acids is 1. The Kier molecular flexibility index (Phi) is 5.67. The SMILES string of the molecule is Cn1cc2c(n1)N(Cc1ccccc1C1CC1)C(=O)N(C1CCN(c3c(F)cccc3Cl)CC1)C2. The standard InChI is InChI=1S/C27H29ClFN5O/c1-31-15-20-17-33(21-11-13-32(14-12-21)25-23(28)7-4-8-24(25)29)27(35)34(26(20)30-31)16-19-5-2-3-6-22(19)18-9-10-18/h2-8,15,18,21H,9-14,16-17H2,1H3. The van der Waals surface area contributed by atoms with Crippen molar-refractivity contribution in [2.24, 2.45) is 7.05 Å². The van der Waals surface area contributed by atoms with E-state index < -0.39 is 0 Å². The quantitative estimate of drug-likeness (QED) is 0.458. The van der Waals surface area contributed by atoms with E-state index in [1.54, 1.807) is 16.8 Å². The Morgan fingerprint density at radius 2 is 1.83 bits per heavy atom. The monoisotopic (exact) mass is 493 g/mol. The van der Waals surface area contributed by atoms with Crippen molar-refractivity contribution in [3.63, 3.8) is 0 Å². The normalized spacial score (nSPS) is 18.8. The minimum absolute atomic E-state index is 0.00386. The number of benzene rings is 2. The maximum Gasteiger partial charge on any atom is 0.326 e. The van der Waals surface area contributed by atoms with Gasteiger partial charge in [-0.15, -0.1) is 0 Å². The van der Waals surface area contributed by atoms with Gasteiger partial charge in [0.25, 0.3) is 0 Å². The summed E-state index contributed by atoms with van der Waals surface area (Å²) in [6.07, 6.45) is 5.98. The number of fused-ring (bicyclic) bond motifs is 1. The Morgan fingerprint density at radius 3 is 2.57 bits per heavy atom. The fourth-order valence-electron chi connectivity index (χ4n) is 5.62. The van der Waals surface area contributed by atoms with Gasteiger partial charge in [-0.05, 0) is 54.9 Å². The number of nitrogens with zero attached hydrogens (tertiary/aromatic N) is 5. The average molecular weight is 494 g/mol. The molecule has 35 heavy (non-hydrogen) atoms. The van der Waals surface area contributed by atoms with Crippen LogP contribution in [0.1, 0.15) is 48.3 Å². The molecule has 6 rings (SSSR count). The number of amides is 2. The molecule has 2 aliphatic heterocycles. The summed E-state index contributed by atoms with van der Waals surface area (Å²) in [5.41, 5.74) is 4.08. The van der Waals surface area contributed by atoms with Crippen LogP contribution in [-0.4, -0.2) is 39.8 Å². The zero-order valence-corrected chi connectivity index (χ0v) is 20.6. The molecule has 1 saturated heterocycles. The third-order valence-corrected chi connectivity index (χ3v) is 7.82. The van der Waals surface area contributed by atoms with Crippen molar-refractivity contribution in [3.8, 4) is 0 Å². The second-order valence-corrected chi connectivity index (χ2v) is 10.3. The second-order valence-electron chi connectivity index (χ2n) is 9.91. The Morgan fingerprint density at radius 1 is 1.06 bits per heavy atom. The highest BCUT2D eigenvalue weighted by Crippen LogP contribution is 2.42. The molecule has 0 unspecified atom stereocenters. The molecule has 2 aromatic carbocycles. The van der Waals surface area contributed by atoms with E-state index in [0.717, 1.165) is 24.2 Å². The Labute approximate surface area is 209 Å².